The third kappa shape index (κ3) is 4.97. The van der Waals surface area contributed by atoms with Gasteiger partial charge in [0.2, 0.25) is 0 Å². The number of ether oxygens (including phenoxy) is 1. The number of aliphatic hydroxyl groups excluding tert-OH is 1. The number of imidazole rings is 1. The molecular formula is C22H26N4O2. The Kier molecular flexibility index (Phi) is 5.99. The summed E-state index contributed by atoms with van der Waals surface area (Å²) < 4.78 is 7.90. The van der Waals surface area contributed by atoms with E-state index in [4.69, 9.17) is 4.74 Å². The number of benzene rings is 1. The average Bonchev–Trinajstić information content (AvgIpc) is 3.36. The second-order valence-corrected chi connectivity index (χ2v) is 7.44. The van der Waals surface area contributed by atoms with Crippen LogP contribution < -0.4 is 10.1 Å². The number of aromatic nitrogens is 3. The lowest BCUT2D eigenvalue weighted by Crippen LogP contribution is -2.35. The smallest absolute Gasteiger partial charge is 0.119 e. The summed E-state index contributed by atoms with van der Waals surface area (Å²) in [6, 6.07) is 12.2. The van der Waals surface area contributed by atoms with Crippen LogP contribution >= 0.6 is 0 Å². The first kappa shape index (κ1) is 18.7. The molecule has 3 atom stereocenters. The molecule has 2 aromatic heterocycles. The molecule has 1 unspecified atom stereocenters. The average molecular weight is 378 g/mol. The number of rotatable bonds is 8. The largest absolute Gasteiger partial charge is 0.489 e. The third-order valence-corrected chi connectivity index (χ3v) is 5.30. The molecule has 0 amide bonds. The predicted octanol–water partition coefficient (Wildman–Crippen LogP) is 2.79. The molecule has 4 rings (SSSR count). The summed E-state index contributed by atoms with van der Waals surface area (Å²) >= 11 is 0. The van der Waals surface area contributed by atoms with Crippen LogP contribution in [0.25, 0.3) is 0 Å². The molecule has 1 fully saturated rings. The number of nitrogens with one attached hydrogen (secondary N) is 1. The first-order valence-corrected chi connectivity index (χ1v) is 9.74. The summed E-state index contributed by atoms with van der Waals surface area (Å²) in [5.74, 6) is 1.33. The number of nitrogens with zero attached hydrogens (tertiary/aromatic N) is 3. The van der Waals surface area contributed by atoms with E-state index < -0.39 is 0 Å². The lowest BCUT2D eigenvalue weighted by molar-refractivity contribution is 0.145. The van der Waals surface area contributed by atoms with Crippen molar-refractivity contribution in [2.45, 2.75) is 44.7 Å². The Hall–Kier alpha value is -2.70. The van der Waals surface area contributed by atoms with Crippen molar-refractivity contribution in [2.75, 3.05) is 0 Å². The van der Waals surface area contributed by atoms with Crippen molar-refractivity contribution in [3.05, 3.63) is 78.6 Å². The summed E-state index contributed by atoms with van der Waals surface area (Å²) in [5, 5.41) is 13.9. The van der Waals surface area contributed by atoms with Gasteiger partial charge >= 0.3 is 0 Å². The van der Waals surface area contributed by atoms with Gasteiger partial charge in [-0.05, 0) is 54.2 Å². The van der Waals surface area contributed by atoms with Crippen molar-refractivity contribution in [3.8, 4) is 5.75 Å². The van der Waals surface area contributed by atoms with Gasteiger partial charge in [-0.3, -0.25) is 4.98 Å². The second-order valence-electron chi connectivity index (χ2n) is 7.44. The number of aliphatic hydroxyl groups is 1. The molecule has 0 bridgehead atoms. The highest BCUT2D eigenvalue weighted by atomic mass is 16.5. The van der Waals surface area contributed by atoms with Crippen molar-refractivity contribution in [2.24, 2.45) is 5.92 Å². The van der Waals surface area contributed by atoms with E-state index in [0.29, 0.717) is 12.5 Å². The standard InChI is InChI=1S/C22H26N4O2/c27-22-12-19(14-26-10-9-24-16-26)11-21(22)25-13-17-1-3-20(4-2-17)28-15-18-5-7-23-8-6-18/h1-10,16,19,21-22,25,27H,11-15H2/t19?,21-,22-/m1/s1. The summed E-state index contributed by atoms with van der Waals surface area (Å²) in [6.45, 7) is 2.19. The zero-order valence-electron chi connectivity index (χ0n) is 15.8. The first-order valence-electron chi connectivity index (χ1n) is 9.74. The molecule has 3 aromatic rings. The Morgan fingerprint density at radius 3 is 2.57 bits per heavy atom. The minimum atomic E-state index is -0.295. The fourth-order valence-electron chi connectivity index (χ4n) is 3.78. The Morgan fingerprint density at radius 2 is 1.82 bits per heavy atom. The van der Waals surface area contributed by atoms with Gasteiger partial charge < -0.3 is 19.7 Å². The molecule has 2 heterocycles. The fraction of sp³-hybridized carbons (Fsp3) is 0.364. The summed E-state index contributed by atoms with van der Waals surface area (Å²) in [5.41, 5.74) is 2.28. The van der Waals surface area contributed by atoms with E-state index in [0.717, 1.165) is 37.2 Å². The number of pyridine rings is 1. The Balaban J connectivity index is 1.23. The van der Waals surface area contributed by atoms with Crippen LogP contribution in [0.15, 0.2) is 67.5 Å². The van der Waals surface area contributed by atoms with E-state index in [9.17, 15) is 5.11 Å². The fourth-order valence-corrected chi connectivity index (χ4v) is 3.78. The number of hydrogen-bond acceptors (Lipinski definition) is 5. The molecule has 28 heavy (non-hydrogen) atoms. The second kappa shape index (κ2) is 8.99. The summed E-state index contributed by atoms with van der Waals surface area (Å²) in [7, 11) is 0. The van der Waals surface area contributed by atoms with Gasteiger partial charge in [-0.2, -0.15) is 0 Å². The highest BCUT2D eigenvalue weighted by Crippen LogP contribution is 2.28. The Morgan fingerprint density at radius 1 is 1.00 bits per heavy atom. The van der Waals surface area contributed by atoms with Crippen LogP contribution in [0, 0.1) is 5.92 Å². The Labute approximate surface area is 165 Å². The molecule has 1 aliphatic carbocycles. The highest BCUT2D eigenvalue weighted by Gasteiger charge is 2.32. The van der Waals surface area contributed by atoms with E-state index in [1.807, 2.05) is 36.8 Å². The lowest BCUT2D eigenvalue weighted by atomic mass is 10.1. The van der Waals surface area contributed by atoms with Gasteiger partial charge in [-0.15, -0.1) is 0 Å². The minimum Gasteiger partial charge on any atom is -0.489 e. The maximum atomic E-state index is 10.4. The molecule has 0 spiro atoms. The van der Waals surface area contributed by atoms with Gasteiger partial charge in [0, 0.05) is 43.9 Å². The molecule has 0 saturated heterocycles. The van der Waals surface area contributed by atoms with Gasteiger partial charge in [0.15, 0.2) is 0 Å². The van der Waals surface area contributed by atoms with Crippen molar-refractivity contribution >= 4 is 0 Å². The monoisotopic (exact) mass is 378 g/mol. The van der Waals surface area contributed by atoms with E-state index in [2.05, 4.69) is 32.0 Å². The van der Waals surface area contributed by atoms with Crippen molar-refractivity contribution in [1.82, 2.24) is 19.9 Å². The maximum absolute atomic E-state index is 10.4. The SMILES string of the molecule is O[C@@H]1CC(Cn2ccnc2)C[C@H]1NCc1ccc(OCc2ccncc2)cc1. The zero-order chi connectivity index (χ0) is 19.2. The molecule has 1 saturated carbocycles. The van der Waals surface area contributed by atoms with Gasteiger partial charge in [0.05, 0.1) is 12.4 Å². The summed E-state index contributed by atoms with van der Waals surface area (Å²) in [6.07, 6.45) is 10.7. The number of hydrogen-bond donors (Lipinski definition) is 2. The molecule has 146 valence electrons. The molecule has 0 aliphatic heterocycles. The van der Waals surface area contributed by atoms with Crippen LogP contribution in [0.4, 0.5) is 0 Å². The van der Waals surface area contributed by atoms with E-state index in [-0.39, 0.29) is 12.1 Å². The van der Waals surface area contributed by atoms with Gasteiger partial charge in [-0.1, -0.05) is 12.1 Å². The predicted molar refractivity (Wildman–Crippen MR) is 107 cm³/mol. The molecule has 6 heteroatoms. The molecule has 1 aromatic carbocycles. The van der Waals surface area contributed by atoms with Crippen LogP contribution in [0.2, 0.25) is 0 Å². The van der Waals surface area contributed by atoms with Crippen LogP contribution in [-0.2, 0) is 19.7 Å². The van der Waals surface area contributed by atoms with Crippen LogP contribution in [-0.4, -0.2) is 31.8 Å². The van der Waals surface area contributed by atoms with Crippen LogP contribution in [0.3, 0.4) is 0 Å². The third-order valence-electron chi connectivity index (χ3n) is 5.30. The van der Waals surface area contributed by atoms with E-state index in [1.54, 1.807) is 18.6 Å². The van der Waals surface area contributed by atoms with Crippen molar-refractivity contribution in [1.29, 1.82) is 0 Å². The Bertz CT molecular complexity index is 837. The zero-order valence-corrected chi connectivity index (χ0v) is 15.8. The van der Waals surface area contributed by atoms with Crippen molar-refractivity contribution in [3.63, 3.8) is 0 Å². The quantitative estimate of drug-likeness (QED) is 0.631. The molecule has 0 radical (unpaired) electrons. The van der Waals surface area contributed by atoms with Gasteiger partial charge in [0.1, 0.15) is 12.4 Å². The lowest BCUT2D eigenvalue weighted by Gasteiger charge is -2.16. The minimum absolute atomic E-state index is 0.135. The molecular weight excluding hydrogens is 352 g/mol. The van der Waals surface area contributed by atoms with E-state index in [1.165, 1.54) is 5.56 Å². The molecule has 6 nitrogen and oxygen atoms in total. The maximum Gasteiger partial charge on any atom is 0.119 e. The van der Waals surface area contributed by atoms with E-state index >= 15 is 0 Å². The first-order chi connectivity index (χ1) is 13.8. The van der Waals surface area contributed by atoms with Crippen LogP contribution in [0.5, 0.6) is 5.75 Å². The molecule has 1 aliphatic rings. The topological polar surface area (TPSA) is 72.2 Å². The van der Waals surface area contributed by atoms with Gasteiger partial charge in [-0.25, -0.2) is 4.98 Å². The highest BCUT2D eigenvalue weighted by molar-refractivity contribution is 5.27. The van der Waals surface area contributed by atoms with Crippen molar-refractivity contribution < 1.29 is 9.84 Å². The normalized spacial score (nSPS) is 21.7. The van der Waals surface area contributed by atoms with Gasteiger partial charge in [0.25, 0.3) is 0 Å². The van der Waals surface area contributed by atoms with Crippen LogP contribution in [0.1, 0.15) is 24.0 Å². The summed E-state index contributed by atoms with van der Waals surface area (Å²) in [4.78, 5) is 8.10. The molecule has 2 N–H and O–H groups in total.